The summed E-state index contributed by atoms with van der Waals surface area (Å²) in [5, 5.41) is 1.30. The predicted molar refractivity (Wildman–Crippen MR) is 129 cm³/mol. The van der Waals surface area contributed by atoms with Crippen molar-refractivity contribution in [1.29, 1.82) is 0 Å². The number of nitrogens with zero attached hydrogens (tertiary/aromatic N) is 3. The molecule has 2 aromatic carbocycles. The van der Waals surface area contributed by atoms with Gasteiger partial charge >= 0.3 is 0 Å². The zero-order valence-corrected chi connectivity index (χ0v) is 19.6. The molecule has 0 saturated heterocycles. The van der Waals surface area contributed by atoms with Crippen molar-refractivity contribution in [1.82, 2.24) is 9.97 Å². The second kappa shape index (κ2) is 8.40. The van der Waals surface area contributed by atoms with Crippen LogP contribution in [0.25, 0.3) is 10.2 Å². The monoisotopic (exact) mass is 449 g/mol. The number of hydrogen-bond acceptors (Lipinski definition) is 4. The summed E-state index contributed by atoms with van der Waals surface area (Å²) in [6.45, 7) is 8.80. The molecule has 0 unspecified atom stereocenters. The van der Waals surface area contributed by atoms with Gasteiger partial charge in [0, 0.05) is 16.8 Å². The van der Waals surface area contributed by atoms with E-state index in [1.54, 1.807) is 11.1 Å². The molecule has 0 atom stereocenters. The van der Waals surface area contributed by atoms with Crippen LogP contribution in [0.1, 0.15) is 48.0 Å². The molecule has 6 heteroatoms. The number of pyridine rings is 1. The number of rotatable bonds is 4. The molecule has 4 aromatic rings. The lowest BCUT2D eigenvalue weighted by molar-refractivity contribution is 0.0984. The van der Waals surface area contributed by atoms with Crippen molar-refractivity contribution in [2.75, 3.05) is 4.90 Å². The standard InChI is InChI=1S/C25H24ClN3OS/c1-16-13-19(26)14-21-22(16)28-24(31-21)29(15-20-7-5-6-12-27-20)23(30)17-8-10-18(11-9-17)25(2,3)4/h5-14H,15H2,1-4H3. The Morgan fingerprint density at radius 3 is 2.48 bits per heavy atom. The first-order chi connectivity index (χ1) is 14.7. The van der Waals surface area contributed by atoms with Gasteiger partial charge in [0.1, 0.15) is 0 Å². The van der Waals surface area contributed by atoms with E-state index < -0.39 is 0 Å². The van der Waals surface area contributed by atoms with Crippen molar-refractivity contribution < 1.29 is 4.79 Å². The Morgan fingerprint density at radius 1 is 1.10 bits per heavy atom. The van der Waals surface area contributed by atoms with Gasteiger partial charge in [-0.15, -0.1) is 0 Å². The first kappa shape index (κ1) is 21.5. The molecule has 0 aliphatic carbocycles. The van der Waals surface area contributed by atoms with Crippen LogP contribution >= 0.6 is 22.9 Å². The Bertz CT molecular complexity index is 1230. The second-order valence-corrected chi connectivity index (χ2v) is 10.1. The number of aryl methyl sites for hydroxylation is 1. The molecule has 0 saturated carbocycles. The van der Waals surface area contributed by atoms with Crippen LogP contribution in [0.3, 0.4) is 0 Å². The third-order valence-electron chi connectivity index (χ3n) is 5.16. The van der Waals surface area contributed by atoms with Crippen LogP contribution in [0, 0.1) is 6.92 Å². The Hall–Kier alpha value is -2.76. The van der Waals surface area contributed by atoms with Crippen LogP contribution in [0.15, 0.2) is 60.8 Å². The van der Waals surface area contributed by atoms with Crippen molar-refractivity contribution >= 4 is 44.2 Å². The molecule has 0 radical (unpaired) electrons. The molecular weight excluding hydrogens is 426 g/mol. The van der Waals surface area contributed by atoms with Crippen LogP contribution < -0.4 is 4.90 Å². The summed E-state index contributed by atoms with van der Waals surface area (Å²) in [6.07, 6.45) is 1.73. The lowest BCUT2D eigenvalue weighted by Gasteiger charge is -2.21. The van der Waals surface area contributed by atoms with E-state index in [9.17, 15) is 4.79 Å². The molecule has 0 aliphatic heterocycles. The van der Waals surface area contributed by atoms with Crippen molar-refractivity contribution in [2.45, 2.75) is 39.7 Å². The maximum Gasteiger partial charge on any atom is 0.260 e. The Labute approximate surface area is 191 Å². The van der Waals surface area contributed by atoms with Gasteiger partial charge < -0.3 is 0 Å². The number of aromatic nitrogens is 2. The smallest absolute Gasteiger partial charge is 0.260 e. The van der Waals surface area contributed by atoms with Gasteiger partial charge in [-0.1, -0.05) is 61.9 Å². The summed E-state index contributed by atoms with van der Waals surface area (Å²) in [6, 6.07) is 17.3. The van der Waals surface area contributed by atoms with Gasteiger partial charge in [-0.2, -0.15) is 0 Å². The van der Waals surface area contributed by atoms with Gasteiger partial charge in [0.15, 0.2) is 5.13 Å². The molecule has 31 heavy (non-hydrogen) atoms. The van der Waals surface area contributed by atoms with Crippen LogP contribution in [0.5, 0.6) is 0 Å². The molecule has 1 amide bonds. The van der Waals surface area contributed by atoms with Crippen molar-refractivity contribution in [3.8, 4) is 0 Å². The summed E-state index contributed by atoms with van der Waals surface area (Å²) in [5.41, 5.74) is 4.50. The highest BCUT2D eigenvalue weighted by atomic mass is 35.5. The lowest BCUT2D eigenvalue weighted by Crippen LogP contribution is -2.30. The van der Waals surface area contributed by atoms with Gasteiger partial charge in [-0.25, -0.2) is 4.98 Å². The molecule has 4 rings (SSSR count). The Morgan fingerprint density at radius 2 is 1.84 bits per heavy atom. The van der Waals surface area contributed by atoms with Gasteiger partial charge in [-0.3, -0.25) is 14.7 Å². The van der Waals surface area contributed by atoms with E-state index in [0.29, 0.717) is 22.3 Å². The highest BCUT2D eigenvalue weighted by Crippen LogP contribution is 2.34. The van der Waals surface area contributed by atoms with Crippen molar-refractivity contribution in [3.05, 3.63) is 88.2 Å². The maximum atomic E-state index is 13.6. The van der Waals surface area contributed by atoms with E-state index in [2.05, 4.69) is 25.8 Å². The number of benzene rings is 2. The summed E-state index contributed by atoms with van der Waals surface area (Å²) >= 11 is 7.71. The number of hydrogen-bond donors (Lipinski definition) is 0. The summed E-state index contributed by atoms with van der Waals surface area (Å²) in [7, 11) is 0. The minimum absolute atomic E-state index is 0.0268. The number of carbonyl (C=O) groups excluding carboxylic acids is 1. The topological polar surface area (TPSA) is 46.1 Å². The molecule has 0 spiro atoms. The number of amides is 1. The normalized spacial score (nSPS) is 11.6. The Kier molecular flexibility index (Phi) is 5.82. The summed E-state index contributed by atoms with van der Waals surface area (Å²) in [5.74, 6) is -0.103. The fraction of sp³-hybridized carbons (Fsp3) is 0.240. The molecule has 2 aromatic heterocycles. The lowest BCUT2D eigenvalue weighted by atomic mass is 9.86. The zero-order valence-electron chi connectivity index (χ0n) is 18.0. The third kappa shape index (κ3) is 4.63. The quantitative estimate of drug-likeness (QED) is 0.344. The highest BCUT2D eigenvalue weighted by Gasteiger charge is 2.23. The van der Waals surface area contributed by atoms with E-state index in [4.69, 9.17) is 16.6 Å². The molecule has 0 aliphatic rings. The third-order valence-corrected chi connectivity index (χ3v) is 6.40. The Balaban J connectivity index is 1.76. The number of halogens is 1. The highest BCUT2D eigenvalue weighted by molar-refractivity contribution is 7.22. The largest absolute Gasteiger partial charge is 0.278 e. The molecule has 158 valence electrons. The van der Waals surface area contributed by atoms with Crippen LogP contribution in [-0.4, -0.2) is 15.9 Å². The van der Waals surface area contributed by atoms with E-state index >= 15 is 0 Å². The van der Waals surface area contributed by atoms with Gasteiger partial charge in [0.05, 0.1) is 22.5 Å². The van der Waals surface area contributed by atoms with E-state index in [1.165, 1.54) is 16.9 Å². The van der Waals surface area contributed by atoms with Crippen LogP contribution in [-0.2, 0) is 12.0 Å². The number of thiazole rings is 1. The predicted octanol–water partition coefficient (Wildman–Crippen LogP) is 6.80. The average molecular weight is 450 g/mol. The number of anilines is 1. The molecule has 4 nitrogen and oxygen atoms in total. The minimum atomic E-state index is -0.103. The maximum absolute atomic E-state index is 13.6. The van der Waals surface area contributed by atoms with Crippen molar-refractivity contribution in [2.24, 2.45) is 0 Å². The van der Waals surface area contributed by atoms with E-state index in [0.717, 1.165) is 21.5 Å². The SMILES string of the molecule is Cc1cc(Cl)cc2sc(N(Cc3ccccn3)C(=O)c3ccc(C(C)(C)C)cc3)nc12. The fourth-order valence-corrected chi connectivity index (χ4v) is 4.82. The first-order valence-electron chi connectivity index (χ1n) is 10.1. The summed E-state index contributed by atoms with van der Waals surface area (Å²) in [4.78, 5) is 24.5. The summed E-state index contributed by atoms with van der Waals surface area (Å²) < 4.78 is 0.960. The molecular formula is C25H24ClN3OS. The average Bonchev–Trinajstić information content (AvgIpc) is 3.16. The minimum Gasteiger partial charge on any atom is -0.278 e. The van der Waals surface area contributed by atoms with E-state index in [-0.39, 0.29) is 11.3 Å². The molecule has 0 N–H and O–H groups in total. The van der Waals surface area contributed by atoms with Gasteiger partial charge in [0.25, 0.3) is 5.91 Å². The van der Waals surface area contributed by atoms with E-state index in [1.807, 2.05) is 61.5 Å². The molecule has 0 fully saturated rings. The van der Waals surface area contributed by atoms with Gasteiger partial charge in [0.2, 0.25) is 0 Å². The first-order valence-corrected chi connectivity index (χ1v) is 11.3. The van der Waals surface area contributed by atoms with Gasteiger partial charge in [-0.05, 0) is 59.9 Å². The second-order valence-electron chi connectivity index (χ2n) is 8.61. The van der Waals surface area contributed by atoms with Crippen LogP contribution in [0.2, 0.25) is 5.02 Å². The zero-order chi connectivity index (χ0) is 22.2. The number of fused-ring (bicyclic) bond motifs is 1. The van der Waals surface area contributed by atoms with Crippen molar-refractivity contribution in [3.63, 3.8) is 0 Å². The molecule has 2 heterocycles. The molecule has 0 bridgehead atoms. The van der Waals surface area contributed by atoms with Crippen LogP contribution in [0.4, 0.5) is 5.13 Å². The number of carbonyl (C=O) groups is 1. The fourth-order valence-electron chi connectivity index (χ4n) is 3.41.